The molecule has 5 heterocycles. The average molecular weight is 970 g/mol. The number of fused-ring (bicyclic) bond motifs is 3. The summed E-state index contributed by atoms with van der Waals surface area (Å²) in [6.45, 7) is 5.73. The van der Waals surface area contributed by atoms with E-state index in [4.69, 9.17) is 5.73 Å². The topological polar surface area (TPSA) is 288 Å². The van der Waals surface area contributed by atoms with Crippen LogP contribution in [0.1, 0.15) is 116 Å². The van der Waals surface area contributed by atoms with Crippen molar-refractivity contribution in [1.82, 2.24) is 39.9 Å². The van der Waals surface area contributed by atoms with E-state index in [2.05, 4.69) is 27.5 Å². The zero-order valence-corrected chi connectivity index (χ0v) is 39.7. The van der Waals surface area contributed by atoms with Crippen LogP contribution in [-0.2, 0) is 42.0 Å². The molecule has 3 saturated heterocycles. The van der Waals surface area contributed by atoms with E-state index in [1.807, 2.05) is 18.2 Å². The number of primary amides is 1. The number of aryl methyl sites for hydroxylation is 1. The Kier molecular flexibility index (Phi) is 14.2. The van der Waals surface area contributed by atoms with E-state index in [0.29, 0.717) is 66.6 Å². The number of carbonyl (C=O) groups is 7. The van der Waals surface area contributed by atoms with Gasteiger partial charge in [0.15, 0.2) is 0 Å². The first-order valence-electron chi connectivity index (χ1n) is 23.7. The largest absolute Gasteiger partial charge is 0.396 e. The predicted octanol–water partition coefficient (Wildman–Crippen LogP) is 3.00. The number of nitrogens with one attached hydrogen (secondary N) is 4. The number of carbonyl (C=O) groups excluding carboxylic acids is 7. The second kappa shape index (κ2) is 19.9. The molecular weight excluding hydrogens is 910 g/mol. The smallest absolute Gasteiger partial charge is 0.370 e. The molecule has 1 aliphatic carbocycles. The van der Waals surface area contributed by atoms with Crippen molar-refractivity contribution in [2.75, 3.05) is 13.1 Å². The van der Waals surface area contributed by atoms with Gasteiger partial charge in [-0.2, -0.15) is 0 Å². The minimum Gasteiger partial charge on any atom is -0.370 e. The van der Waals surface area contributed by atoms with Gasteiger partial charge in [-0.05, 0) is 131 Å². The molecule has 0 bridgehead atoms. The van der Waals surface area contributed by atoms with Gasteiger partial charge < -0.3 is 46.3 Å². The Labute approximate surface area is 397 Å². The molecule has 69 heavy (non-hydrogen) atoms. The van der Waals surface area contributed by atoms with Crippen LogP contribution in [0.5, 0.6) is 0 Å². The van der Waals surface area contributed by atoms with Crippen LogP contribution in [0.3, 0.4) is 0 Å². The lowest BCUT2D eigenvalue weighted by Gasteiger charge is -2.39. The molecule has 4 aliphatic rings. The molecular formula is C48H60N9O11P. The van der Waals surface area contributed by atoms with E-state index in [0.717, 1.165) is 43.2 Å². The third-order valence-electron chi connectivity index (χ3n) is 14.5. The van der Waals surface area contributed by atoms with Crippen LogP contribution >= 0.6 is 7.60 Å². The second-order valence-electron chi connectivity index (χ2n) is 19.4. The van der Waals surface area contributed by atoms with Crippen molar-refractivity contribution < 1.29 is 47.9 Å². The maximum Gasteiger partial charge on any atom is 0.396 e. The number of amides is 6. The van der Waals surface area contributed by atoms with Gasteiger partial charge in [0.1, 0.15) is 23.8 Å². The fourth-order valence-corrected chi connectivity index (χ4v) is 11.2. The highest BCUT2D eigenvalue weighted by Gasteiger charge is 2.46. The Bertz CT molecular complexity index is 2850. The maximum absolute atomic E-state index is 14.7. The lowest BCUT2D eigenvalue weighted by molar-refractivity contribution is -0.145. The molecule has 3 aliphatic heterocycles. The van der Waals surface area contributed by atoms with Crippen LogP contribution in [0.4, 0.5) is 0 Å². The molecule has 20 nitrogen and oxygen atoms in total. The predicted molar refractivity (Wildman–Crippen MR) is 253 cm³/mol. The van der Waals surface area contributed by atoms with E-state index >= 15 is 0 Å². The van der Waals surface area contributed by atoms with Gasteiger partial charge >= 0.3 is 13.3 Å². The number of piperidine rings is 1. The summed E-state index contributed by atoms with van der Waals surface area (Å²) in [4.78, 5) is 131. The lowest BCUT2D eigenvalue weighted by atomic mass is 9.78. The van der Waals surface area contributed by atoms with Gasteiger partial charge in [0.25, 0.3) is 11.4 Å². The number of nitrogens with zero attached hydrogens (tertiary/aromatic N) is 4. The van der Waals surface area contributed by atoms with Gasteiger partial charge in [0.2, 0.25) is 29.5 Å². The van der Waals surface area contributed by atoms with Gasteiger partial charge in [-0.3, -0.25) is 47.3 Å². The summed E-state index contributed by atoms with van der Waals surface area (Å²) in [5.74, 6) is -2.06. The van der Waals surface area contributed by atoms with Crippen LogP contribution in [0, 0.1) is 11.8 Å². The average Bonchev–Trinajstić information content (AvgIpc) is 3.99. The highest BCUT2D eigenvalue weighted by Crippen LogP contribution is 2.40. The highest BCUT2D eigenvalue weighted by molar-refractivity contribution is 7.70. The number of hydrogen-bond donors (Lipinski definition) is 7. The summed E-state index contributed by atoms with van der Waals surface area (Å²) >= 11 is 0. The molecule has 368 valence electrons. The summed E-state index contributed by atoms with van der Waals surface area (Å²) in [6, 6.07) is 7.74. The first kappa shape index (κ1) is 49.1. The van der Waals surface area contributed by atoms with Crippen LogP contribution in [0.15, 0.2) is 59.5 Å². The number of benzene rings is 2. The first-order valence-corrected chi connectivity index (χ1v) is 25.3. The van der Waals surface area contributed by atoms with Gasteiger partial charge in [0.05, 0.1) is 11.0 Å². The summed E-state index contributed by atoms with van der Waals surface area (Å²) in [7, 11) is -3.36. The molecule has 4 aromatic rings. The molecule has 6 amide bonds. The Hall–Kier alpha value is -6.37. The van der Waals surface area contributed by atoms with Crippen molar-refractivity contribution in [2.24, 2.45) is 24.6 Å². The van der Waals surface area contributed by atoms with Crippen LogP contribution < -0.4 is 27.4 Å². The van der Waals surface area contributed by atoms with E-state index in [1.54, 1.807) is 28.0 Å². The van der Waals surface area contributed by atoms with Gasteiger partial charge in [0, 0.05) is 67.2 Å². The molecule has 21 heteroatoms. The molecule has 8 rings (SSSR count). The number of aromatic nitrogens is 3. The van der Waals surface area contributed by atoms with Gasteiger partial charge in [-0.1, -0.05) is 12.6 Å². The monoisotopic (exact) mass is 969 g/mol. The Balaban J connectivity index is 0.943. The molecule has 1 unspecified atom stereocenters. The van der Waals surface area contributed by atoms with Crippen molar-refractivity contribution in [2.45, 2.75) is 121 Å². The summed E-state index contributed by atoms with van der Waals surface area (Å²) in [6.07, 6.45) is 7.22. The Morgan fingerprint density at radius 3 is 2.38 bits per heavy atom. The van der Waals surface area contributed by atoms with Crippen LogP contribution in [0.25, 0.3) is 21.9 Å². The second-order valence-corrected chi connectivity index (χ2v) is 20.9. The molecule has 0 spiro atoms. The Morgan fingerprint density at radius 2 is 1.67 bits per heavy atom. The molecule has 0 radical (unpaired) electrons. The summed E-state index contributed by atoms with van der Waals surface area (Å²) in [5, 5.41) is 8.81. The zero-order valence-electron chi connectivity index (χ0n) is 38.8. The minimum absolute atomic E-state index is 0.00595. The standard InChI is InChI=1S/C48H60N9O11P/c1-26-4-14-39(45(62)50-26)57-37-15-10-30(21-40(37)54(3)48(57)65)20-28-6-8-29(9-7-28)22-42(59)55-19-18-33-12-16-38(44(61)51-27(2)5-17-41(49)58)56(33)46(63)36(25-55)53-43(60)35-24-32-23-31(11-13-34(32)52-35)47(64)69(66,67)68/h10-11,13,15,21,23-24,27-29,33,36,38-39,52H,1,4-9,12,14,16-20,22,25H2,2-3H3,(H2,49,58)(H,50,62)(H,51,61)(H,53,60)(H2,66,67,68)/t27-,28?,29?,33-,36+,38+,39?/m1/s1. The highest BCUT2D eigenvalue weighted by atomic mass is 31.2. The third-order valence-corrected chi connectivity index (χ3v) is 15.3. The van der Waals surface area contributed by atoms with E-state index < -0.39 is 67.0 Å². The van der Waals surface area contributed by atoms with Crippen molar-refractivity contribution in [3.05, 3.63) is 82.0 Å². The first-order chi connectivity index (χ1) is 32.7. The SMILES string of the molecule is C=C1CCC(n2c(=O)n(C)c3cc(CC4CCC(CC(=O)N5CC[C@H]6CC[C@@H](C(=O)N[C@H](C)CCC(N)=O)N6C(=O)[C@@H](NC(=O)c6cc7cc(C(=O)P(=O)(O)O)ccc7[nH]6)C5)CC4)ccc32)C(=O)N1. The lowest BCUT2D eigenvalue weighted by Crippen LogP contribution is -2.61. The fraction of sp³-hybridized carbons (Fsp3) is 0.500. The van der Waals surface area contributed by atoms with Gasteiger partial charge in [-0.25, -0.2) is 4.79 Å². The summed E-state index contributed by atoms with van der Waals surface area (Å²) < 4.78 is 14.8. The van der Waals surface area contributed by atoms with Crippen molar-refractivity contribution in [3.63, 3.8) is 0 Å². The van der Waals surface area contributed by atoms with E-state index in [9.17, 15) is 52.7 Å². The quantitative estimate of drug-likeness (QED) is 0.0902. The van der Waals surface area contributed by atoms with Gasteiger partial charge in [-0.15, -0.1) is 0 Å². The summed E-state index contributed by atoms with van der Waals surface area (Å²) in [5.41, 5.74) is 7.03. The number of nitrogens with two attached hydrogens (primary N) is 1. The maximum atomic E-state index is 14.7. The molecule has 1 saturated carbocycles. The number of aromatic amines is 1. The number of H-pyrrole nitrogens is 1. The van der Waals surface area contributed by atoms with Crippen LogP contribution in [0.2, 0.25) is 0 Å². The van der Waals surface area contributed by atoms with Crippen molar-refractivity contribution in [3.8, 4) is 0 Å². The van der Waals surface area contributed by atoms with E-state index in [-0.39, 0.29) is 60.6 Å². The zero-order chi connectivity index (χ0) is 49.5. The van der Waals surface area contributed by atoms with E-state index in [1.165, 1.54) is 29.2 Å². The number of hydrogen-bond acceptors (Lipinski definition) is 9. The van der Waals surface area contributed by atoms with Crippen LogP contribution in [-0.4, -0.2) is 112 Å². The minimum atomic E-state index is -5.07. The molecule has 5 atom stereocenters. The third kappa shape index (κ3) is 10.6. The molecule has 2 aromatic heterocycles. The number of rotatable bonds is 14. The Morgan fingerprint density at radius 1 is 0.928 bits per heavy atom. The fourth-order valence-electron chi connectivity index (χ4n) is 10.7. The molecule has 8 N–H and O–H groups in total. The molecule has 4 fully saturated rings. The number of imidazole rings is 1. The number of allylic oxidation sites excluding steroid dienone is 1. The molecule has 2 aromatic carbocycles. The van der Waals surface area contributed by atoms with Crippen molar-refractivity contribution in [1.29, 1.82) is 0 Å². The van der Waals surface area contributed by atoms with Crippen molar-refractivity contribution >= 4 is 70.5 Å². The normalized spacial score (nSPS) is 23.8.